The number of carbonyl (C=O) groups excluding carboxylic acids is 1. The van der Waals surface area contributed by atoms with E-state index in [-0.39, 0.29) is 30.3 Å². The summed E-state index contributed by atoms with van der Waals surface area (Å²) in [6, 6.07) is 7.58. The molecular weight excluding hydrogens is 444 g/mol. The average Bonchev–Trinajstić information content (AvgIpc) is 3.07. The Morgan fingerprint density at radius 2 is 1.97 bits per heavy atom. The number of alkyl halides is 2. The summed E-state index contributed by atoms with van der Waals surface area (Å²) in [5.74, 6) is 0.739. The third kappa shape index (κ3) is 4.28. The zero-order valence-electron chi connectivity index (χ0n) is 18.6. The maximum atomic E-state index is 13.1. The predicted octanol–water partition coefficient (Wildman–Crippen LogP) is 3.23. The largest absolute Gasteiger partial charge is 0.433 e. The van der Waals surface area contributed by atoms with Gasteiger partial charge < -0.3 is 19.3 Å². The van der Waals surface area contributed by atoms with Gasteiger partial charge in [0.15, 0.2) is 0 Å². The van der Waals surface area contributed by atoms with E-state index in [2.05, 4.69) is 25.7 Å². The Balaban J connectivity index is 1.22. The van der Waals surface area contributed by atoms with Crippen LogP contribution >= 0.6 is 0 Å². The molecule has 2 saturated heterocycles. The van der Waals surface area contributed by atoms with Gasteiger partial charge in [0.05, 0.1) is 17.4 Å². The summed E-state index contributed by atoms with van der Waals surface area (Å²) in [6.07, 6.45) is 8.68. The standard InChI is InChI=1S/C24H25F2N5O3/c25-23(26)34-20-8-17(11-28-12-20)24(6-1-7-24)33-15-22(32)30-13-18-3-4-19(14-30)31(18)21-5-2-16(9-27)10-29-21/h2,5,8,10-12,18-19,23H,1,3-4,6-7,13-15H2. The second-order valence-corrected chi connectivity index (χ2v) is 9.03. The predicted molar refractivity (Wildman–Crippen MR) is 117 cm³/mol. The summed E-state index contributed by atoms with van der Waals surface area (Å²) in [5.41, 5.74) is 0.479. The zero-order valence-corrected chi connectivity index (χ0v) is 18.6. The van der Waals surface area contributed by atoms with Crippen LogP contribution < -0.4 is 9.64 Å². The van der Waals surface area contributed by atoms with Crippen LogP contribution in [0.4, 0.5) is 14.6 Å². The summed E-state index contributed by atoms with van der Waals surface area (Å²) in [6.45, 7) is -1.82. The van der Waals surface area contributed by atoms with Gasteiger partial charge in [-0.25, -0.2) is 4.98 Å². The number of halogens is 2. The smallest absolute Gasteiger partial charge is 0.387 e. The molecule has 5 rings (SSSR count). The van der Waals surface area contributed by atoms with Crippen molar-refractivity contribution in [3.63, 3.8) is 0 Å². The number of aromatic nitrogens is 2. The molecule has 2 aromatic heterocycles. The van der Waals surface area contributed by atoms with Gasteiger partial charge in [0.1, 0.15) is 24.2 Å². The lowest BCUT2D eigenvalue weighted by molar-refractivity contribution is -0.154. The van der Waals surface area contributed by atoms with Gasteiger partial charge in [-0.15, -0.1) is 0 Å². The van der Waals surface area contributed by atoms with E-state index in [4.69, 9.17) is 10.00 Å². The van der Waals surface area contributed by atoms with Crippen LogP contribution in [0.5, 0.6) is 5.75 Å². The van der Waals surface area contributed by atoms with Gasteiger partial charge in [0.25, 0.3) is 0 Å². The van der Waals surface area contributed by atoms with Crippen LogP contribution in [0.1, 0.15) is 43.2 Å². The Bertz CT molecular complexity index is 1070. The molecule has 2 bridgehead atoms. The molecule has 0 aromatic carbocycles. The zero-order chi connectivity index (χ0) is 23.7. The van der Waals surface area contributed by atoms with Crippen molar-refractivity contribution in [3.8, 4) is 11.8 Å². The number of carbonyl (C=O) groups is 1. The number of fused-ring (bicyclic) bond motifs is 2. The van der Waals surface area contributed by atoms with Gasteiger partial charge in [-0.3, -0.25) is 9.78 Å². The molecule has 0 radical (unpaired) electrons. The number of hydrogen-bond donors (Lipinski definition) is 0. The molecule has 2 aromatic rings. The lowest BCUT2D eigenvalue weighted by Gasteiger charge is -2.44. The highest BCUT2D eigenvalue weighted by atomic mass is 19.3. The molecule has 2 unspecified atom stereocenters. The number of nitriles is 1. The van der Waals surface area contributed by atoms with Crippen LogP contribution in [0, 0.1) is 11.3 Å². The van der Waals surface area contributed by atoms with Gasteiger partial charge in [-0.1, -0.05) is 0 Å². The van der Waals surface area contributed by atoms with Gasteiger partial charge in [0.2, 0.25) is 5.91 Å². The highest BCUT2D eigenvalue weighted by Gasteiger charge is 2.44. The lowest BCUT2D eigenvalue weighted by Crippen LogP contribution is -2.56. The molecule has 2 atom stereocenters. The molecule has 178 valence electrons. The average molecular weight is 469 g/mol. The number of amides is 1. The Kier molecular flexibility index (Phi) is 6.04. The van der Waals surface area contributed by atoms with E-state index in [1.165, 1.54) is 12.3 Å². The molecule has 8 nitrogen and oxygen atoms in total. The minimum absolute atomic E-state index is 0.0159. The van der Waals surface area contributed by atoms with E-state index >= 15 is 0 Å². The number of piperazine rings is 1. The number of hydrogen-bond acceptors (Lipinski definition) is 7. The fourth-order valence-electron chi connectivity index (χ4n) is 5.23. The van der Waals surface area contributed by atoms with Gasteiger partial charge in [-0.05, 0) is 50.3 Å². The van der Waals surface area contributed by atoms with Crippen LogP contribution in [0.25, 0.3) is 0 Å². The SMILES string of the molecule is N#Cc1ccc(N2C3CCC2CN(C(=O)COC2(c4cncc(OC(F)F)c4)CCC2)C3)nc1. The summed E-state index contributed by atoms with van der Waals surface area (Å²) in [4.78, 5) is 25.6. The van der Waals surface area contributed by atoms with E-state index < -0.39 is 12.2 Å². The van der Waals surface area contributed by atoms with Crippen LogP contribution in [0.15, 0.2) is 36.8 Å². The van der Waals surface area contributed by atoms with E-state index in [1.54, 1.807) is 18.5 Å². The number of rotatable bonds is 7. The first-order valence-corrected chi connectivity index (χ1v) is 11.4. The minimum atomic E-state index is -2.93. The molecule has 1 aliphatic carbocycles. The Morgan fingerprint density at radius 1 is 1.21 bits per heavy atom. The van der Waals surface area contributed by atoms with E-state index in [0.717, 1.165) is 25.1 Å². The molecule has 10 heteroatoms. The second-order valence-electron chi connectivity index (χ2n) is 9.03. The summed E-state index contributed by atoms with van der Waals surface area (Å²) in [7, 11) is 0. The quantitative estimate of drug-likeness (QED) is 0.615. The van der Waals surface area contributed by atoms with E-state index in [0.29, 0.717) is 37.1 Å². The maximum absolute atomic E-state index is 13.1. The normalized spacial score (nSPS) is 22.9. The molecule has 1 saturated carbocycles. The molecular formula is C24H25F2N5O3. The highest BCUT2D eigenvalue weighted by molar-refractivity contribution is 5.78. The molecule has 4 heterocycles. The second kappa shape index (κ2) is 9.14. The molecule has 3 aliphatic rings. The fraction of sp³-hybridized carbons (Fsp3) is 0.500. The van der Waals surface area contributed by atoms with Crippen LogP contribution in [-0.4, -0.2) is 59.2 Å². The first-order valence-electron chi connectivity index (χ1n) is 11.4. The van der Waals surface area contributed by atoms with Gasteiger partial charge in [-0.2, -0.15) is 14.0 Å². The topological polar surface area (TPSA) is 91.6 Å². The summed E-state index contributed by atoms with van der Waals surface area (Å²) in [5, 5.41) is 9.00. The van der Waals surface area contributed by atoms with Crippen molar-refractivity contribution < 1.29 is 23.0 Å². The highest BCUT2D eigenvalue weighted by Crippen LogP contribution is 2.45. The van der Waals surface area contributed by atoms with Crippen molar-refractivity contribution in [2.24, 2.45) is 0 Å². The van der Waals surface area contributed by atoms with Crippen molar-refractivity contribution >= 4 is 11.7 Å². The lowest BCUT2D eigenvalue weighted by atomic mass is 9.75. The Labute approximate surface area is 196 Å². The van der Waals surface area contributed by atoms with Crippen molar-refractivity contribution in [2.45, 2.75) is 56.4 Å². The van der Waals surface area contributed by atoms with Crippen LogP contribution in [0.2, 0.25) is 0 Å². The van der Waals surface area contributed by atoms with Crippen LogP contribution in [0.3, 0.4) is 0 Å². The number of nitrogens with zero attached hydrogens (tertiary/aromatic N) is 5. The molecule has 0 N–H and O–H groups in total. The summed E-state index contributed by atoms with van der Waals surface area (Å²) >= 11 is 0. The molecule has 1 amide bonds. The van der Waals surface area contributed by atoms with Crippen molar-refractivity contribution in [3.05, 3.63) is 47.9 Å². The fourth-order valence-corrected chi connectivity index (χ4v) is 5.23. The number of likely N-dealkylation sites (tertiary alicyclic amines) is 1. The molecule has 0 spiro atoms. The Morgan fingerprint density at radius 3 is 2.56 bits per heavy atom. The number of pyridine rings is 2. The van der Waals surface area contributed by atoms with Gasteiger partial charge in [0, 0.05) is 43.1 Å². The first kappa shape index (κ1) is 22.5. The molecule has 2 aliphatic heterocycles. The third-order valence-electron chi connectivity index (χ3n) is 7.07. The van der Waals surface area contributed by atoms with Crippen molar-refractivity contribution in [1.82, 2.24) is 14.9 Å². The van der Waals surface area contributed by atoms with Crippen LogP contribution in [-0.2, 0) is 15.1 Å². The minimum Gasteiger partial charge on any atom is -0.433 e. The van der Waals surface area contributed by atoms with Crippen molar-refractivity contribution in [2.75, 3.05) is 24.6 Å². The maximum Gasteiger partial charge on any atom is 0.387 e. The monoisotopic (exact) mass is 469 g/mol. The van der Waals surface area contributed by atoms with Gasteiger partial charge >= 0.3 is 6.61 Å². The van der Waals surface area contributed by atoms with E-state index in [9.17, 15) is 13.6 Å². The molecule has 3 fully saturated rings. The molecule has 34 heavy (non-hydrogen) atoms. The first-order chi connectivity index (χ1) is 16.5. The number of anilines is 1. The summed E-state index contributed by atoms with van der Waals surface area (Å²) < 4.78 is 35.8. The number of ether oxygens (including phenoxy) is 2. The Hall–Kier alpha value is -3.32. The van der Waals surface area contributed by atoms with Crippen molar-refractivity contribution in [1.29, 1.82) is 5.26 Å². The third-order valence-corrected chi connectivity index (χ3v) is 7.07. The van der Waals surface area contributed by atoms with E-state index in [1.807, 2.05) is 11.0 Å².